The highest BCUT2D eigenvalue weighted by Crippen LogP contribution is 2.28. The van der Waals surface area contributed by atoms with Crippen LogP contribution >= 0.6 is 34.8 Å². The number of alkyl halides is 3. The van der Waals surface area contributed by atoms with Crippen molar-refractivity contribution in [3.8, 4) is 0 Å². The van der Waals surface area contributed by atoms with Gasteiger partial charge in [-0.3, -0.25) is 4.79 Å². The molecule has 0 saturated heterocycles. The van der Waals surface area contributed by atoms with Gasteiger partial charge in [0.25, 0.3) is 0 Å². The Balaban J connectivity index is 2.60. The maximum Gasteiger partial charge on any atom is 0.152 e. The number of Topliss-reactive ketones (excluding diaryl/α,β-unsaturated/α-hetero) is 1. The van der Waals surface area contributed by atoms with E-state index in [2.05, 4.69) is 0 Å². The van der Waals surface area contributed by atoms with Crippen LogP contribution in [0.5, 0.6) is 0 Å². The second-order valence-corrected chi connectivity index (χ2v) is 3.90. The number of hydrogen-bond acceptors (Lipinski definition) is 1. The Hall–Kier alpha value is 0.540. The first kappa shape index (κ1) is 8.63. The van der Waals surface area contributed by atoms with E-state index in [1.807, 2.05) is 0 Å². The van der Waals surface area contributed by atoms with Crippen LogP contribution in [0.15, 0.2) is 0 Å². The van der Waals surface area contributed by atoms with Crippen molar-refractivity contribution in [2.45, 2.75) is 29.0 Å². The lowest BCUT2D eigenvalue weighted by atomic mass is 9.98. The number of hydrogen-bond donors (Lipinski definition) is 0. The predicted octanol–water partition coefficient (Wildman–Crippen LogP) is 2.17. The largest absolute Gasteiger partial charge is 0.298 e. The molecule has 3 unspecified atom stereocenters. The van der Waals surface area contributed by atoms with E-state index in [-0.39, 0.29) is 11.2 Å². The Morgan fingerprint density at radius 3 is 2.40 bits per heavy atom. The summed E-state index contributed by atoms with van der Waals surface area (Å²) in [6.45, 7) is 0. The van der Waals surface area contributed by atoms with Crippen LogP contribution in [0, 0.1) is 0 Å². The molecule has 0 bridgehead atoms. The second-order valence-electron chi connectivity index (χ2n) is 2.37. The minimum atomic E-state index is -0.585. The lowest BCUT2D eigenvalue weighted by molar-refractivity contribution is -0.119. The Kier molecular flexibility index (Phi) is 2.84. The highest BCUT2D eigenvalue weighted by atomic mass is 35.5. The summed E-state index contributed by atoms with van der Waals surface area (Å²) in [6.07, 6.45) is 1.11. The third kappa shape index (κ3) is 1.58. The number of carbonyl (C=O) groups excluding carboxylic acids is 1. The van der Waals surface area contributed by atoms with Crippen LogP contribution in [0.25, 0.3) is 0 Å². The molecule has 0 N–H and O–H groups in total. The van der Waals surface area contributed by atoms with Crippen molar-refractivity contribution in [1.29, 1.82) is 0 Å². The molecule has 1 rings (SSSR count). The molecule has 4 heteroatoms. The van der Waals surface area contributed by atoms with Gasteiger partial charge in [0, 0.05) is 6.42 Å². The maximum absolute atomic E-state index is 10.9. The molecule has 0 aromatic heterocycles. The van der Waals surface area contributed by atoms with Crippen LogP contribution < -0.4 is 0 Å². The van der Waals surface area contributed by atoms with Crippen molar-refractivity contribution in [3.63, 3.8) is 0 Å². The summed E-state index contributed by atoms with van der Waals surface area (Å²) in [5.74, 6) is 0.0126. The molecule has 0 aromatic rings. The zero-order valence-corrected chi connectivity index (χ0v) is 7.46. The van der Waals surface area contributed by atoms with Crippen LogP contribution in [0.4, 0.5) is 0 Å². The molecule has 1 aliphatic rings. The van der Waals surface area contributed by atoms with Gasteiger partial charge in [0.2, 0.25) is 0 Å². The molecule has 0 spiro atoms. The van der Waals surface area contributed by atoms with Crippen molar-refractivity contribution >= 4 is 40.6 Å². The van der Waals surface area contributed by atoms with Gasteiger partial charge in [0.05, 0.1) is 10.8 Å². The number of rotatable bonds is 0. The summed E-state index contributed by atoms with van der Waals surface area (Å²) in [5, 5.41) is -1.13. The first-order valence-electron chi connectivity index (χ1n) is 3.08. The van der Waals surface area contributed by atoms with E-state index in [9.17, 15) is 4.79 Å². The monoisotopic (exact) mass is 200 g/mol. The normalized spacial score (nSPS) is 41.9. The molecule has 1 fully saturated rings. The number of halogens is 3. The molecule has 0 aromatic carbocycles. The van der Waals surface area contributed by atoms with Gasteiger partial charge in [-0.15, -0.1) is 34.8 Å². The first-order valence-corrected chi connectivity index (χ1v) is 4.39. The molecule has 10 heavy (non-hydrogen) atoms. The standard InChI is InChI=1S/C6H7Cl3O/c7-3-1-2-4(10)6(9)5(3)8/h3,5-6H,1-2H2. The van der Waals surface area contributed by atoms with Gasteiger partial charge in [-0.25, -0.2) is 0 Å². The lowest BCUT2D eigenvalue weighted by Gasteiger charge is -2.24. The maximum atomic E-state index is 10.9. The SMILES string of the molecule is O=C1CCC(Cl)C(Cl)C1Cl. The Bertz CT molecular complexity index is 148. The highest BCUT2D eigenvalue weighted by Gasteiger charge is 2.34. The fourth-order valence-corrected chi connectivity index (χ4v) is 1.82. The minimum Gasteiger partial charge on any atom is -0.298 e. The van der Waals surface area contributed by atoms with Crippen molar-refractivity contribution in [2.24, 2.45) is 0 Å². The average molecular weight is 201 g/mol. The van der Waals surface area contributed by atoms with Crippen LogP contribution in [-0.2, 0) is 4.79 Å². The smallest absolute Gasteiger partial charge is 0.152 e. The van der Waals surface area contributed by atoms with Gasteiger partial charge in [-0.05, 0) is 6.42 Å². The van der Waals surface area contributed by atoms with E-state index in [4.69, 9.17) is 34.8 Å². The lowest BCUT2D eigenvalue weighted by Crippen LogP contribution is -2.37. The van der Waals surface area contributed by atoms with E-state index >= 15 is 0 Å². The first-order chi connectivity index (χ1) is 4.63. The zero-order valence-electron chi connectivity index (χ0n) is 5.19. The minimum absolute atomic E-state index is 0.0126. The third-order valence-corrected chi connectivity index (χ3v) is 3.42. The van der Waals surface area contributed by atoms with E-state index in [1.165, 1.54) is 0 Å². The Morgan fingerprint density at radius 1 is 1.30 bits per heavy atom. The van der Waals surface area contributed by atoms with Gasteiger partial charge >= 0.3 is 0 Å². The topological polar surface area (TPSA) is 17.1 Å². The summed E-state index contributed by atoms with van der Waals surface area (Å²) in [7, 11) is 0. The zero-order chi connectivity index (χ0) is 7.72. The Labute approximate surface area is 74.6 Å². The number of carbonyl (C=O) groups is 1. The van der Waals surface area contributed by atoms with Gasteiger partial charge < -0.3 is 0 Å². The van der Waals surface area contributed by atoms with Gasteiger partial charge in [0.1, 0.15) is 5.38 Å². The molecule has 3 atom stereocenters. The molecular weight excluding hydrogens is 194 g/mol. The predicted molar refractivity (Wildman–Crippen MR) is 43.2 cm³/mol. The summed E-state index contributed by atoms with van der Waals surface area (Å²) in [6, 6.07) is 0. The van der Waals surface area contributed by atoms with E-state index < -0.39 is 10.8 Å². The fraction of sp³-hybridized carbons (Fsp3) is 0.833. The van der Waals surface area contributed by atoms with Crippen LogP contribution in [0.2, 0.25) is 0 Å². The fourth-order valence-electron chi connectivity index (χ4n) is 0.938. The van der Waals surface area contributed by atoms with Gasteiger partial charge in [0.15, 0.2) is 5.78 Å². The van der Waals surface area contributed by atoms with Crippen molar-refractivity contribution < 1.29 is 4.79 Å². The average Bonchev–Trinajstić information content (AvgIpc) is 1.93. The van der Waals surface area contributed by atoms with Crippen molar-refractivity contribution in [2.75, 3.05) is 0 Å². The summed E-state index contributed by atoms with van der Waals surface area (Å²) < 4.78 is 0. The summed E-state index contributed by atoms with van der Waals surface area (Å²) >= 11 is 17.1. The molecule has 1 aliphatic carbocycles. The Morgan fingerprint density at radius 2 is 1.90 bits per heavy atom. The molecule has 0 aliphatic heterocycles. The molecule has 1 nitrogen and oxygen atoms in total. The van der Waals surface area contributed by atoms with E-state index in [1.54, 1.807) is 0 Å². The molecule has 0 heterocycles. The molecular formula is C6H7Cl3O. The molecule has 0 radical (unpaired) electrons. The van der Waals surface area contributed by atoms with Crippen molar-refractivity contribution in [1.82, 2.24) is 0 Å². The van der Waals surface area contributed by atoms with E-state index in [0.29, 0.717) is 12.8 Å². The second kappa shape index (κ2) is 3.29. The summed E-state index contributed by atoms with van der Waals surface area (Å²) in [5.41, 5.74) is 0. The van der Waals surface area contributed by atoms with Gasteiger partial charge in [-0.2, -0.15) is 0 Å². The summed E-state index contributed by atoms with van der Waals surface area (Å²) in [4.78, 5) is 10.9. The van der Waals surface area contributed by atoms with Crippen LogP contribution in [-0.4, -0.2) is 21.9 Å². The number of ketones is 1. The molecule has 0 amide bonds. The molecule has 1 saturated carbocycles. The van der Waals surface area contributed by atoms with E-state index in [0.717, 1.165) is 0 Å². The van der Waals surface area contributed by atoms with Crippen molar-refractivity contribution in [3.05, 3.63) is 0 Å². The van der Waals surface area contributed by atoms with Gasteiger partial charge in [-0.1, -0.05) is 0 Å². The third-order valence-electron chi connectivity index (χ3n) is 1.60. The van der Waals surface area contributed by atoms with Crippen LogP contribution in [0.1, 0.15) is 12.8 Å². The highest BCUT2D eigenvalue weighted by molar-refractivity contribution is 6.41. The molecule has 58 valence electrons. The quantitative estimate of drug-likeness (QED) is 0.549. The van der Waals surface area contributed by atoms with Crippen LogP contribution in [0.3, 0.4) is 0 Å².